The molecule has 11 heteroatoms. The molecule has 4 rings (SSSR count). The number of amides is 1. The number of aryl methyl sites for hydroxylation is 1. The van der Waals surface area contributed by atoms with E-state index in [0.717, 1.165) is 11.3 Å². The molecule has 34 heavy (non-hydrogen) atoms. The summed E-state index contributed by atoms with van der Waals surface area (Å²) in [4.78, 5) is 16.9. The van der Waals surface area contributed by atoms with Crippen molar-refractivity contribution in [3.63, 3.8) is 0 Å². The molecule has 0 saturated carbocycles. The molecule has 0 aliphatic heterocycles. The lowest BCUT2D eigenvalue weighted by molar-refractivity contribution is -0.113. The maximum Gasteiger partial charge on any atom is 0.236 e. The van der Waals surface area contributed by atoms with Gasteiger partial charge in [-0.05, 0) is 44.2 Å². The van der Waals surface area contributed by atoms with Crippen LogP contribution < -0.4 is 10.1 Å². The second kappa shape index (κ2) is 10.8. The second-order valence-electron chi connectivity index (χ2n) is 7.47. The lowest BCUT2D eigenvalue weighted by Crippen LogP contribution is -2.14. The van der Waals surface area contributed by atoms with E-state index in [2.05, 4.69) is 20.5 Å². The monoisotopic (exact) mass is 533 g/mol. The minimum absolute atomic E-state index is 0.162. The van der Waals surface area contributed by atoms with Crippen LogP contribution in [-0.4, -0.2) is 31.4 Å². The van der Waals surface area contributed by atoms with Crippen molar-refractivity contribution < 1.29 is 9.53 Å². The molecule has 1 atom stereocenters. The van der Waals surface area contributed by atoms with Crippen LogP contribution in [0.25, 0.3) is 11.3 Å². The summed E-state index contributed by atoms with van der Waals surface area (Å²) in [5.41, 5.74) is 2.60. The molecule has 0 saturated heterocycles. The largest absolute Gasteiger partial charge is 0.483 e. The SMILES string of the molecule is Cc1ccc(OC(C)c2nnc(SCC(=O)Nc3nc(-c4ccc(Cl)cc4Cl)cs3)n2C)cc1. The molecule has 2 aromatic heterocycles. The number of nitrogens with one attached hydrogen (secondary N) is 1. The van der Waals surface area contributed by atoms with Gasteiger partial charge in [-0.1, -0.05) is 52.7 Å². The Morgan fingerprint density at radius 3 is 2.71 bits per heavy atom. The molecule has 2 aromatic carbocycles. The quantitative estimate of drug-likeness (QED) is 0.263. The molecular formula is C23H21Cl2N5O2S2. The van der Waals surface area contributed by atoms with E-state index in [-0.39, 0.29) is 17.8 Å². The average molecular weight is 534 g/mol. The predicted octanol–water partition coefficient (Wildman–Crippen LogP) is 6.42. The van der Waals surface area contributed by atoms with Crippen LogP contribution in [0.1, 0.15) is 24.4 Å². The number of thiazole rings is 1. The van der Waals surface area contributed by atoms with Gasteiger partial charge in [0.1, 0.15) is 5.75 Å². The van der Waals surface area contributed by atoms with E-state index < -0.39 is 0 Å². The fourth-order valence-electron chi connectivity index (χ4n) is 3.12. The number of anilines is 1. The first-order chi connectivity index (χ1) is 16.3. The number of ether oxygens (including phenoxy) is 1. The number of carbonyl (C=O) groups excluding carboxylic acids is 1. The number of hydrogen-bond donors (Lipinski definition) is 1. The molecule has 176 valence electrons. The van der Waals surface area contributed by atoms with Crippen LogP contribution in [0, 0.1) is 6.92 Å². The van der Waals surface area contributed by atoms with Gasteiger partial charge in [-0.25, -0.2) is 4.98 Å². The van der Waals surface area contributed by atoms with Crippen molar-refractivity contribution in [1.82, 2.24) is 19.7 Å². The Balaban J connectivity index is 1.33. The first kappa shape index (κ1) is 24.5. The topological polar surface area (TPSA) is 81.9 Å². The number of benzene rings is 2. The van der Waals surface area contributed by atoms with E-state index in [0.29, 0.717) is 31.9 Å². The summed E-state index contributed by atoms with van der Waals surface area (Å²) in [6, 6.07) is 13.0. The summed E-state index contributed by atoms with van der Waals surface area (Å²) in [5.74, 6) is 1.40. The number of thioether (sulfide) groups is 1. The van der Waals surface area contributed by atoms with Crippen molar-refractivity contribution in [2.45, 2.75) is 25.1 Å². The molecule has 1 amide bonds. The van der Waals surface area contributed by atoms with Gasteiger partial charge in [0.2, 0.25) is 5.91 Å². The van der Waals surface area contributed by atoms with Crippen molar-refractivity contribution in [2.75, 3.05) is 11.1 Å². The molecule has 0 bridgehead atoms. The lowest BCUT2D eigenvalue weighted by Gasteiger charge is -2.14. The Morgan fingerprint density at radius 1 is 1.21 bits per heavy atom. The Bertz CT molecular complexity index is 1310. The number of nitrogens with zero attached hydrogens (tertiary/aromatic N) is 4. The van der Waals surface area contributed by atoms with Crippen LogP contribution in [0.3, 0.4) is 0 Å². The number of halogens is 2. The van der Waals surface area contributed by atoms with Crippen molar-refractivity contribution in [1.29, 1.82) is 0 Å². The molecule has 0 aliphatic rings. The van der Waals surface area contributed by atoms with Gasteiger partial charge in [-0.15, -0.1) is 21.5 Å². The number of aromatic nitrogens is 4. The van der Waals surface area contributed by atoms with Crippen LogP contribution in [0.2, 0.25) is 10.0 Å². The van der Waals surface area contributed by atoms with E-state index in [1.165, 1.54) is 28.7 Å². The van der Waals surface area contributed by atoms with Gasteiger partial charge in [0.15, 0.2) is 22.2 Å². The summed E-state index contributed by atoms with van der Waals surface area (Å²) < 4.78 is 7.81. The van der Waals surface area contributed by atoms with Crippen LogP contribution in [0.4, 0.5) is 5.13 Å². The van der Waals surface area contributed by atoms with Crippen molar-refractivity contribution >= 4 is 57.3 Å². The third-order valence-corrected chi connectivity index (χ3v) is 7.18. The first-order valence-electron chi connectivity index (χ1n) is 10.3. The van der Waals surface area contributed by atoms with Gasteiger partial charge in [-0.3, -0.25) is 4.79 Å². The summed E-state index contributed by atoms with van der Waals surface area (Å²) >= 11 is 14.8. The number of carbonyl (C=O) groups is 1. The molecule has 0 fully saturated rings. The van der Waals surface area contributed by atoms with E-state index in [9.17, 15) is 4.79 Å². The van der Waals surface area contributed by atoms with E-state index in [1.807, 2.05) is 55.1 Å². The lowest BCUT2D eigenvalue weighted by atomic mass is 10.2. The van der Waals surface area contributed by atoms with Crippen molar-refractivity contribution in [3.8, 4) is 17.0 Å². The summed E-state index contributed by atoms with van der Waals surface area (Å²) in [5, 5.41) is 15.3. The van der Waals surface area contributed by atoms with E-state index >= 15 is 0 Å². The normalized spacial score (nSPS) is 11.9. The van der Waals surface area contributed by atoms with Gasteiger partial charge in [-0.2, -0.15) is 0 Å². The summed E-state index contributed by atoms with van der Waals surface area (Å²) in [7, 11) is 1.85. The highest BCUT2D eigenvalue weighted by Crippen LogP contribution is 2.32. The highest BCUT2D eigenvalue weighted by molar-refractivity contribution is 7.99. The number of rotatable bonds is 8. The van der Waals surface area contributed by atoms with Crippen molar-refractivity contribution in [3.05, 3.63) is 69.3 Å². The predicted molar refractivity (Wildman–Crippen MR) is 138 cm³/mol. The van der Waals surface area contributed by atoms with Crippen LogP contribution >= 0.6 is 46.3 Å². The van der Waals surface area contributed by atoms with E-state index in [4.69, 9.17) is 27.9 Å². The summed E-state index contributed by atoms with van der Waals surface area (Å²) in [6.45, 7) is 3.94. The molecule has 0 aliphatic carbocycles. The van der Waals surface area contributed by atoms with Gasteiger partial charge in [0.05, 0.1) is 16.5 Å². The van der Waals surface area contributed by atoms with Crippen LogP contribution in [-0.2, 0) is 11.8 Å². The minimum atomic E-state index is -0.295. The molecular weight excluding hydrogens is 513 g/mol. The maximum absolute atomic E-state index is 12.5. The Hall–Kier alpha value is -2.59. The first-order valence-corrected chi connectivity index (χ1v) is 12.9. The van der Waals surface area contributed by atoms with Crippen molar-refractivity contribution in [2.24, 2.45) is 7.05 Å². The van der Waals surface area contributed by atoms with Gasteiger partial charge < -0.3 is 14.6 Å². The Labute approximate surface area is 215 Å². The zero-order valence-corrected chi connectivity index (χ0v) is 21.7. The van der Waals surface area contributed by atoms with Gasteiger partial charge >= 0.3 is 0 Å². The van der Waals surface area contributed by atoms with Crippen LogP contribution in [0.5, 0.6) is 5.75 Å². The zero-order valence-electron chi connectivity index (χ0n) is 18.6. The van der Waals surface area contributed by atoms with Crippen LogP contribution in [0.15, 0.2) is 53.0 Å². The molecule has 1 unspecified atom stereocenters. The highest BCUT2D eigenvalue weighted by atomic mass is 35.5. The van der Waals surface area contributed by atoms with Gasteiger partial charge in [0.25, 0.3) is 0 Å². The average Bonchev–Trinajstić information content (AvgIpc) is 3.40. The zero-order chi connectivity index (χ0) is 24.2. The molecule has 2 heterocycles. The van der Waals surface area contributed by atoms with E-state index in [1.54, 1.807) is 18.2 Å². The fraction of sp³-hybridized carbons (Fsp3) is 0.217. The second-order valence-corrected chi connectivity index (χ2v) is 10.1. The Kier molecular flexibility index (Phi) is 7.77. The third-order valence-electron chi connectivity index (χ3n) is 4.86. The molecule has 1 N–H and O–H groups in total. The maximum atomic E-state index is 12.5. The Morgan fingerprint density at radius 2 is 1.97 bits per heavy atom. The molecule has 0 spiro atoms. The fourth-order valence-corrected chi connectivity index (χ4v) is 5.07. The highest BCUT2D eigenvalue weighted by Gasteiger charge is 2.18. The minimum Gasteiger partial charge on any atom is -0.483 e. The third kappa shape index (κ3) is 5.90. The standard InChI is InChI=1S/C23H21Cl2N5O2S2/c1-13-4-7-16(8-5-13)32-14(2)21-28-29-23(30(21)3)34-12-20(31)27-22-26-19(11-33-22)17-9-6-15(24)10-18(17)25/h4-11,14H,12H2,1-3H3,(H,26,27,31). The molecule has 7 nitrogen and oxygen atoms in total. The van der Waals surface area contributed by atoms with Gasteiger partial charge in [0, 0.05) is 23.0 Å². The smallest absolute Gasteiger partial charge is 0.236 e. The molecule has 0 radical (unpaired) electrons. The molecule has 4 aromatic rings. The number of hydrogen-bond acceptors (Lipinski definition) is 7. The summed E-state index contributed by atoms with van der Waals surface area (Å²) in [6.07, 6.45) is -0.295.